The van der Waals surface area contributed by atoms with Gasteiger partial charge in [0.05, 0.1) is 18.3 Å². The van der Waals surface area contributed by atoms with Crippen molar-refractivity contribution in [2.24, 2.45) is 0 Å². The molecule has 16 heavy (non-hydrogen) atoms. The van der Waals surface area contributed by atoms with Crippen molar-refractivity contribution >= 4 is 0 Å². The minimum absolute atomic E-state index is 0.128. The van der Waals surface area contributed by atoms with Crippen LogP contribution in [-0.2, 0) is 17.3 Å². The summed E-state index contributed by atoms with van der Waals surface area (Å²) in [5.41, 5.74) is -0.393. The molecule has 1 atom stereocenters. The zero-order valence-corrected chi connectivity index (χ0v) is 8.66. The second-order valence-corrected chi connectivity index (χ2v) is 3.35. The van der Waals surface area contributed by atoms with Gasteiger partial charge in [-0.25, -0.2) is 0 Å². The van der Waals surface area contributed by atoms with Crippen LogP contribution in [0.5, 0.6) is 0 Å². The first-order valence-corrected chi connectivity index (χ1v) is 4.62. The lowest BCUT2D eigenvalue weighted by Crippen LogP contribution is -2.17. The van der Waals surface area contributed by atoms with Crippen LogP contribution in [0.4, 0.5) is 13.2 Å². The highest BCUT2D eigenvalue weighted by atomic mass is 19.4. The number of aliphatic hydroxyl groups excluding tert-OH is 1. The average molecular weight is 235 g/mol. The van der Waals surface area contributed by atoms with E-state index in [1.165, 1.54) is 13.2 Å². The number of nitrogens with zero attached hydrogens (tertiary/aromatic N) is 1. The van der Waals surface area contributed by atoms with Gasteiger partial charge in [-0.3, -0.25) is 4.98 Å². The van der Waals surface area contributed by atoms with Crippen LogP contribution in [0, 0.1) is 0 Å². The van der Waals surface area contributed by atoms with E-state index in [1.54, 1.807) is 0 Å². The molecule has 1 unspecified atom stereocenters. The lowest BCUT2D eigenvalue weighted by atomic mass is 10.1. The van der Waals surface area contributed by atoms with E-state index in [0.29, 0.717) is 5.69 Å². The molecule has 3 nitrogen and oxygen atoms in total. The Morgan fingerprint density at radius 2 is 2.12 bits per heavy atom. The number of halogens is 3. The molecule has 0 fully saturated rings. The van der Waals surface area contributed by atoms with Crippen molar-refractivity contribution in [2.75, 3.05) is 13.7 Å². The van der Waals surface area contributed by atoms with Gasteiger partial charge in [-0.15, -0.1) is 0 Å². The Morgan fingerprint density at radius 1 is 1.44 bits per heavy atom. The first-order valence-electron chi connectivity index (χ1n) is 4.62. The number of ether oxygens (including phenoxy) is 1. The second kappa shape index (κ2) is 5.27. The first-order chi connectivity index (χ1) is 7.43. The smallest absolute Gasteiger partial charge is 0.390 e. The number of rotatable bonds is 4. The van der Waals surface area contributed by atoms with Gasteiger partial charge in [0.25, 0.3) is 0 Å². The number of pyridine rings is 1. The van der Waals surface area contributed by atoms with Gasteiger partial charge in [-0.05, 0) is 12.1 Å². The summed E-state index contributed by atoms with van der Waals surface area (Å²) in [6, 6.07) is 2.20. The maximum atomic E-state index is 12.2. The normalized spacial score (nSPS) is 13.8. The molecule has 0 radical (unpaired) electrons. The summed E-state index contributed by atoms with van der Waals surface area (Å²) < 4.78 is 41.3. The van der Waals surface area contributed by atoms with Gasteiger partial charge in [0.1, 0.15) is 0 Å². The van der Waals surface area contributed by atoms with Crippen molar-refractivity contribution in [3.05, 3.63) is 29.6 Å². The van der Waals surface area contributed by atoms with Crippen molar-refractivity contribution < 1.29 is 23.0 Å². The summed E-state index contributed by atoms with van der Waals surface area (Å²) in [6.45, 7) is 0.128. The molecule has 1 rings (SSSR count). The van der Waals surface area contributed by atoms with Crippen molar-refractivity contribution in [3.63, 3.8) is 0 Å². The standard InChI is InChI=1S/C10H12F3NO2/c1-16-6-9(15)4-8-3-2-7(5-14-8)10(11,12)13/h2-3,5,9,15H,4,6H2,1H3. The van der Waals surface area contributed by atoms with Crippen molar-refractivity contribution in [3.8, 4) is 0 Å². The molecule has 0 saturated carbocycles. The van der Waals surface area contributed by atoms with Crippen LogP contribution in [-0.4, -0.2) is 29.9 Å². The molecule has 0 saturated heterocycles. The van der Waals surface area contributed by atoms with Gasteiger partial charge in [0.15, 0.2) is 0 Å². The molecule has 0 aliphatic carbocycles. The molecule has 0 spiro atoms. The SMILES string of the molecule is COCC(O)Cc1ccc(C(F)(F)F)cn1. The average Bonchev–Trinajstić information content (AvgIpc) is 2.17. The number of methoxy groups -OCH3 is 1. The third-order valence-corrected chi connectivity index (χ3v) is 1.96. The van der Waals surface area contributed by atoms with E-state index in [-0.39, 0.29) is 13.0 Å². The minimum atomic E-state index is -4.38. The topological polar surface area (TPSA) is 42.4 Å². The van der Waals surface area contributed by atoms with Crippen LogP contribution >= 0.6 is 0 Å². The lowest BCUT2D eigenvalue weighted by Gasteiger charge is -2.10. The Kier molecular flexibility index (Phi) is 4.26. The molecular weight excluding hydrogens is 223 g/mol. The predicted octanol–water partition coefficient (Wildman–Crippen LogP) is 1.65. The summed E-state index contributed by atoms with van der Waals surface area (Å²) in [6.07, 6.45) is -4.20. The summed E-state index contributed by atoms with van der Waals surface area (Å²) in [7, 11) is 1.43. The molecular formula is C10H12F3NO2. The van der Waals surface area contributed by atoms with E-state index in [9.17, 15) is 18.3 Å². The minimum Gasteiger partial charge on any atom is -0.390 e. The molecule has 1 aromatic heterocycles. The van der Waals surface area contributed by atoms with E-state index in [0.717, 1.165) is 12.3 Å². The summed E-state index contributed by atoms with van der Waals surface area (Å²) in [5.74, 6) is 0. The molecule has 1 heterocycles. The van der Waals surface area contributed by atoms with E-state index < -0.39 is 17.8 Å². The second-order valence-electron chi connectivity index (χ2n) is 3.35. The lowest BCUT2D eigenvalue weighted by molar-refractivity contribution is -0.137. The van der Waals surface area contributed by atoms with Crippen LogP contribution in [0.2, 0.25) is 0 Å². The molecule has 0 aromatic carbocycles. The van der Waals surface area contributed by atoms with Crippen molar-refractivity contribution in [1.29, 1.82) is 0 Å². The van der Waals surface area contributed by atoms with Gasteiger partial charge >= 0.3 is 6.18 Å². The third kappa shape index (κ3) is 3.79. The highest BCUT2D eigenvalue weighted by Gasteiger charge is 2.30. The van der Waals surface area contributed by atoms with Gasteiger partial charge in [0, 0.05) is 25.4 Å². The van der Waals surface area contributed by atoms with Gasteiger partial charge < -0.3 is 9.84 Å². The zero-order chi connectivity index (χ0) is 12.2. The number of hydrogen-bond acceptors (Lipinski definition) is 3. The van der Waals surface area contributed by atoms with Crippen molar-refractivity contribution in [1.82, 2.24) is 4.98 Å². The number of hydrogen-bond donors (Lipinski definition) is 1. The maximum Gasteiger partial charge on any atom is 0.417 e. The molecule has 0 bridgehead atoms. The Morgan fingerprint density at radius 3 is 2.56 bits per heavy atom. The van der Waals surface area contributed by atoms with E-state index >= 15 is 0 Å². The van der Waals surface area contributed by atoms with Crippen LogP contribution < -0.4 is 0 Å². The summed E-state index contributed by atoms with van der Waals surface area (Å²) >= 11 is 0. The summed E-state index contributed by atoms with van der Waals surface area (Å²) in [5, 5.41) is 9.34. The molecule has 0 amide bonds. The Labute approximate surface area is 90.9 Å². The van der Waals surface area contributed by atoms with Gasteiger partial charge in [-0.1, -0.05) is 0 Å². The Balaban J connectivity index is 2.65. The quantitative estimate of drug-likeness (QED) is 0.862. The fraction of sp³-hybridized carbons (Fsp3) is 0.500. The van der Waals surface area contributed by atoms with E-state index in [2.05, 4.69) is 4.98 Å². The van der Waals surface area contributed by atoms with E-state index in [1.807, 2.05) is 0 Å². The molecule has 0 aliphatic heterocycles. The number of aromatic nitrogens is 1. The largest absolute Gasteiger partial charge is 0.417 e. The summed E-state index contributed by atoms with van der Waals surface area (Å²) in [4.78, 5) is 3.63. The fourth-order valence-electron chi connectivity index (χ4n) is 1.21. The van der Waals surface area contributed by atoms with Crippen LogP contribution in [0.3, 0.4) is 0 Å². The molecule has 1 aromatic rings. The van der Waals surface area contributed by atoms with Crippen LogP contribution in [0.25, 0.3) is 0 Å². The molecule has 6 heteroatoms. The molecule has 0 aliphatic rings. The highest BCUT2D eigenvalue weighted by Crippen LogP contribution is 2.28. The van der Waals surface area contributed by atoms with Gasteiger partial charge in [0.2, 0.25) is 0 Å². The van der Waals surface area contributed by atoms with E-state index in [4.69, 9.17) is 4.74 Å². The maximum absolute atomic E-state index is 12.2. The van der Waals surface area contributed by atoms with Crippen molar-refractivity contribution in [2.45, 2.75) is 18.7 Å². The number of alkyl halides is 3. The predicted molar refractivity (Wildman–Crippen MR) is 50.8 cm³/mol. The van der Waals surface area contributed by atoms with Gasteiger partial charge in [-0.2, -0.15) is 13.2 Å². The highest BCUT2D eigenvalue weighted by molar-refractivity contribution is 5.17. The molecule has 1 N–H and O–H groups in total. The third-order valence-electron chi connectivity index (χ3n) is 1.96. The number of aliphatic hydroxyl groups is 1. The van der Waals surface area contributed by atoms with Crippen LogP contribution in [0.1, 0.15) is 11.3 Å². The zero-order valence-electron chi connectivity index (χ0n) is 8.66. The first kappa shape index (κ1) is 12.9. The van der Waals surface area contributed by atoms with Crippen LogP contribution in [0.15, 0.2) is 18.3 Å². The fourth-order valence-corrected chi connectivity index (χ4v) is 1.21. The Hall–Kier alpha value is -1.14. The molecule has 90 valence electrons. The monoisotopic (exact) mass is 235 g/mol. The Bertz CT molecular complexity index is 324.